The average molecular weight is 216 g/mol. The van der Waals surface area contributed by atoms with Crippen molar-refractivity contribution in [1.29, 1.82) is 0 Å². The van der Waals surface area contributed by atoms with E-state index in [9.17, 15) is 0 Å². The number of nitrogen functional groups attached to an aromatic ring is 1. The number of H-pyrrole nitrogens is 1. The molecule has 72 valence electrons. The highest BCUT2D eigenvalue weighted by atomic mass is 32.2. The fraction of sp³-hybridized carbons (Fsp3) is 0.714. The number of hydrogen-bond donors (Lipinski definition) is 2. The Labute approximate surface area is 85.9 Å². The van der Waals surface area contributed by atoms with E-state index >= 15 is 0 Å². The molecule has 0 bridgehead atoms. The Morgan fingerprint density at radius 2 is 2.23 bits per heavy atom. The molecule has 4 nitrogen and oxygen atoms in total. The molecule has 1 aromatic heterocycles. The first-order valence-electron chi connectivity index (χ1n) is 4.29. The first kappa shape index (κ1) is 9.08. The molecule has 1 fully saturated rings. The van der Waals surface area contributed by atoms with Crippen molar-refractivity contribution in [3.8, 4) is 0 Å². The average Bonchev–Trinajstić information content (AvgIpc) is 2.48. The topological polar surface area (TPSA) is 59.6 Å². The van der Waals surface area contributed by atoms with Crippen molar-refractivity contribution < 1.29 is 0 Å². The summed E-state index contributed by atoms with van der Waals surface area (Å²) in [7, 11) is 0. The van der Waals surface area contributed by atoms with Crippen LogP contribution in [0.4, 0.5) is 5.95 Å². The summed E-state index contributed by atoms with van der Waals surface area (Å²) in [5, 5.41) is 6.63. The molecule has 1 aliphatic rings. The monoisotopic (exact) mass is 216 g/mol. The number of nitrogens with one attached hydrogen (secondary N) is 1. The zero-order valence-corrected chi connectivity index (χ0v) is 8.83. The first-order valence-corrected chi connectivity index (χ1v) is 5.85. The maximum atomic E-state index is 5.72. The fourth-order valence-electron chi connectivity index (χ4n) is 1.61. The van der Waals surface area contributed by atoms with E-state index in [2.05, 4.69) is 10.2 Å². The molecule has 1 aliphatic heterocycles. The highest BCUT2D eigenvalue weighted by Crippen LogP contribution is 2.28. The van der Waals surface area contributed by atoms with Crippen LogP contribution in [0, 0.1) is 4.77 Å². The van der Waals surface area contributed by atoms with Crippen molar-refractivity contribution in [2.45, 2.75) is 18.9 Å². The van der Waals surface area contributed by atoms with E-state index in [1.54, 1.807) is 0 Å². The van der Waals surface area contributed by atoms with E-state index in [1.807, 2.05) is 16.3 Å². The van der Waals surface area contributed by atoms with Crippen LogP contribution in [-0.4, -0.2) is 26.3 Å². The molecule has 3 N–H and O–H groups in total. The van der Waals surface area contributed by atoms with E-state index in [0.717, 1.165) is 12.8 Å². The third-order valence-electron chi connectivity index (χ3n) is 2.29. The van der Waals surface area contributed by atoms with Crippen LogP contribution >= 0.6 is 24.0 Å². The maximum Gasteiger partial charge on any atom is 0.220 e. The number of thioether (sulfide) groups is 1. The number of rotatable bonds is 1. The zero-order valence-electron chi connectivity index (χ0n) is 7.19. The number of anilines is 1. The van der Waals surface area contributed by atoms with Gasteiger partial charge in [0.05, 0.1) is 0 Å². The Bertz CT molecular complexity index is 337. The third-order valence-corrected chi connectivity index (χ3v) is 3.62. The minimum atomic E-state index is 0.451. The van der Waals surface area contributed by atoms with Crippen LogP contribution in [0.5, 0.6) is 0 Å². The van der Waals surface area contributed by atoms with E-state index in [-0.39, 0.29) is 0 Å². The Kier molecular flexibility index (Phi) is 2.59. The second-order valence-corrected chi connectivity index (χ2v) is 4.71. The molecule has 2 heterocycles. The quantitative estimate of drug-likeness (QED) is 0.700. The summed E-state index contributed by atoms with van der Waals surface area (Å²) < 4.78 is 2.59. The van der Waals surface area contributed by atoms with Crippen molar-refractivity contribution in [2.24, 2.45) is 0 Å². The molecule has 1 aromatic rings. The van der Waals surface area contributed by atoms with Gasteiger partial charge >= 0.3 is 0 Å². The Morgan fingerprint density at radius 3 is 2.77 bits per heavy atom. The lowest BCUT2D eigenvalue weighted by Crippen LogP contribution is -2.17. The standard InChI is InChI=1S/C7H12N4S2/c8-6-9-10-7(12)11(6)5-1-3-13-4-2-5/h5H,1-4H2,(H2,8,9)(H,10,12). The van der Waals surface area contributed by atoms with Crippen LogP contribution < -0.4 is 5.73 Å². The molecule has 0 saturated carbocycles. The predicted molar refractivity (Wildman–Crippen MR) is 57.4 cm³/mol. The lowest BCUT2D eigenvalue weighted by atomic mass is 10.1. The van der Waals surface area contributed by atoms with E-state index in [1.165, 1.54) is 11.5 Å². The van der Waals surface area contributed by atoms with Gasteiger partial charge in [-0.05, 0) is 36.6 Å². The van der Waals surface area contributed by atoms with Crippen molar-refractivity contribution in [3.05, 3.63) is 4.77 Å². The lowest BCUT2D eigenvalue weighted by molar-refractivity contribution is 0.469. The summed E-state index contributed by atoms with van der Waals surface area (Å²) in [5.74, 6) is 2.90. The predicted octanol–water partition coefficient (Wildman–Crippen LogP) is 1.59. The van der Waals surface area contributed by atoms with Crippen molar-refractivity contribution in [3.63, 3.8) is 0 Å². The molecule has 0 radical (unpaired) electrons. The summed E-state index contributed by atoms with van der Waals surface area (Å²) in [6.45, 7) is 0. The van der Waals surface area contributed by atoms with Gasteiger partial charge in [0.15, 0.2) is 4.77 Å². The molecule has 0 spiro atoms. The highest BCUT2D eigenvalue weighted by Gasteiger charge is 2.18. The van der Waals surface area contributed by atoms with Crippen LogP contribution in [0.1, 0.15) is 18.9 Å². The number of hydrogen-bond acceptors (Lipinski definition) is 4. The Balaban J connectivity index is 2.27. The third kappa shape index (κ3) is 1.73. The molecule has 0 aromatic carbocycles. The lowest BCUT2D eigenvalue weighted by Gasteiger charge is -2.22. The normalized spacial score (nSPS) is 19.1. The molecule has 6 heteroatoms. The second kappa shape index (κ2) is 3.71. The van der Waals surface area contributed by atoms with Crippen LogP contribution in [0.25, 0.3) is 0 Å². The molecular formula is C7H12N4S2. The summed E-state index contributed by atoms with van der Waals surface area (Å²) in [5.41, 5.74) is 5.72. The van der Waals surface area contributed by atoms with Crippen LogP contribution in [0.15, 0.2) is 0 Å². The summed E-state index contributed by atoms with van der Waals surface area (Å²) in [6.07, 6.45) is 2.28. The van der Waals surface area contributed by atoms with E-state index in [4.69, 9.17) is 18.0 Å². The molecular weight excluding hydrogens is 204 g/mol. The minimum Gasteiger partial charge on any atom is -0.368 e. The maximum absolute atomic E-state index is 5.72. The van der Waals surface area contributed by atoms with Gasteiger partial charge < -0.3 is 5.73 Å². The molecule has 1 saturated heterocycles. The Hall–Kier alpha value is -0.490. The highest BCUT2D eigenvalue weighted by molar-refractivity contribution is 7.99. The molecule has 0 amide bonds. The number of nitrogens with zero attached hydrogens (tertiary/aromatic N) is 2. The Morgan fingerprint density at radius 1 is 1.54 bits per heavy atom. The first-order chi connectivity index (χ1) is 6.29. The minimum absolute atomic E-state index is 0.451. The zero-order chi connectivity index (χ0) is 9.26. The summed E-state index contributed by atoms with van der Waals surface area (Å²) >= 11 is 7.10. The molecule has 0 unspecified atom stereocenters. The van der Waals surface area contributed by atoms with Gasteiger partial charge in [0, 0.05) is 6.04 Å². The summed E-state index contributed by atoms with van der Waals surface area (Å²) in [6, 6.07) is 0.451. The largest absolute Gasteiger partial charge is 0.368 e. The van der Waals surface area contributed by atoms with Gasteiger partial charge in [0.2, 0.25) is 5.95 Å². The SMILES string of the molecule is Nc1n[nH]c(=S)n1C1CCSCC1. The van der Waals surface area contributed by atoms with Crippen molar-refractivity contribution in [1.82, 2.24) is 14.8 Å². The van der Waals surface area contributed by atoms with E-state index in [0.29, 0.717) is 16.8 Å². The van der Waals surface area contributed by atoms with Crippen molar-refractivity contribution >= 4 is 29.9 Å². The smallest absolute Gasteiger partial charge is 0.220 e. The fourth-order valence-corrected chi connectivity index (χ4v) is 2.98. The van der Waals surface area contributed by atoms with Gasteiger partial charge in [-0.1, -0.05) is 0 Å². The molecule has 0 atom stereocenters. The van der Waals surface area contributed by atoms with Gasteiger partial charge in [-0.25, -0.2) is 5.10 Å². The van der Waals surface area contributed by atoms with Crippen LogP contribution in [-0.2, 0) is 0 Å². The number of aromatic nitrogens is 3. The second-order valence-electron chi connectivity index (χ2n) is 3.10. The molecule has 0 aliphatic carbocycles. The number of nitrogens with two attached hydrogens (primary N) is 1. The van der Waals surface area contributed by atoms with Gasteiger partial charge in [0.25, 0.3) is 0 Å². The summed E-state index contributed by atoms with van der Waals surface area (Å²) in [4.78, 5) is 0. The van der Waals surface area contributed by atoms with E-state index < -0.39 is 0 Å². The van der Waals surface area contributed by atoms with Gasteiger partial charge in [-0.3, -0.25) is 4.57 Å². The van der Waals surface area contributed by atoms with Gasteiger partial charge in [-0.15, -0.1) is 5.10 Å². The molecule has 2 rings (SSSR count). The molecule has 13 heavy (non-hydrogen) atoms. The van der Waals surface area contributed by atoms with Crippen molar-refractivity contribution in [2.75, 3.05) is 17.2 Å². The van der Waals surface area contributed by atoms with Gasteiger partial charge in [0.1, 0.15) is 0 Å². The van der Waals surface area contributed by atoms with Crippen LogP contribution in [0.2, 0.25) is 0 Å². The van der Waals surface area contributed by atoms with Crippen LogP contribution in [0.3, 0.4) is 0 Å². The van der Waals surface area contributed by atoms with Gasteiger partial charge in [-0.2, -0.15) is 11.8 Å². The number of aromatic amines is 1.